The molecule has 0 atom stereocenters. The molecule has 0 bridgehead atoms. The van der Waals surface area contributed by atoms with Crippen molar-refractivity contribution in [3.05, 3.63) is 26.4 Å². The number of carbonyl (C=O) groups is 1. The first-order valence-corrected chi connectivity index (χ1v) is 7.32. The smallest absolute Gasteiger partial charge is 0.341 e. The lowest BCUT2D eigenvalue weighted by Gasteiger charge is -2.12. The number of ether oxygens (including phenoxy) is 1. The van der Waals surface area contributed by atoms with E-state index in [0.717, 1.165) is 12.8 Å². The molecule has 1 aromatic rings. The van der Waals surface area contributed by atoms with Gasteiger partial charge in [-0.15, -0.1) is 0 Å². The zero-order chi connectivity index (χ0) is 16.7. The van der Waals surface area contributed by atoms with Crippen LogP contribution in [0.5, 0.6) is 0 Å². The number of halogens is 1. The van der Waals surface area contributed by atoms with E-state index in [1.807, 2.05) is 6.92 Å². The van der Waals surface area contributed by atoms with Gasteiger partial charge in [0.15, 0.2) is 0 Å². The predicted molar refractivity (Wildman–Crippen MR) is 83.1 cm³/mol. The van der Waals surface area contributed by atoms with Crippen molar-refractivity contribution < 1.29 is 14.5 Å². The minimum Gasteiger partial charge on any atom is -0.462 e. The van der Waals surface area contributed by atoms with Crippen molar-refractivity contribution >= 4 is 29.1 Å². The van der Waals surface area contributed by atoms with E-state index in [9.17, 15) is 14.9 Å². The van der Waals surface area contributed by atoms with Gasteiger partial charge >= 0.3 is 11.7 Å². The minimum absolute atomic E-state index is 0.0309. The summed E-state index contributed by atoms with van der Waals surface area (Å²) in [4.78, 5) is 26.5. The molecule has 9 heteroatoms. The Labute approximate surface area is 133 Å². The number of unbranched alkanes of at least 4 members (excludes halogenated alkanes) is 1. The van der Waals surface area contributed by atoms with E-state index in [-0.39, 0.29) is 28.7 Å². The van der Waals surface area contributed by atoms with Gasteiger partial charge in [0.25, 0.3) is 0 Å². The molecular weight excluding hydrogens is 312 g/mol. The Morgan fingerprint density at radius 2 is 2.14 bits per heavy atom. The second-order valence-electron chi connectivity index (χ2n) is 4.47. The van der Waals surface area contributed by atoms with Crippen molar-refractivity contribution in [2.45, 2.75) is 33.6 Å². The molecule has 0 saturated heterocycles. The molecule has 1 aromatic heterocycles. The molecule has 0 aliphatic carbocycles. The SMILES string of the molecule is CCCCNNc1nc(C)c(C(=O)OCC)c(Cl)c1[N+](=O)[O-]. The first-order chi connectivity index (χ1) is 10.4. The maximum Gasteiger partial charge on any atom is 0.341 e. The predicted octanol–water partition coefficient (Wildman–Crippen LogP) is 2.84. The van der Waals surface area contributed by atoms with Crippen molar-refractivity contribution in [2.24, 2.45) is 0 Å². The third-order valence-corrected chi connectivity index (χ3v) is 3.19. The summed E-state index contributed by atoms with van der Waals surface area (Å²) in [5, 5.41) is 11.0. The number of esters is 1. The number of nitrogens with one attached hydrogen (secondary N) is 2. The van der Waals surface area contributed by atoms with Crippen LogP contribution in [0.25, 0.3) is 0 Å². The van der Waals surface area contributed by atoms with Crippen LogP contribution in [0.4, 0.5) is 11.5 Å². The number of hydrogen-bond acceptors (Lipinski definition) is 7. The van der Waals surface area contributed by atoms with E-state index in [4.69, 9.17) is 16.3 Å². The van der Waals surface area contributed by atoms with Gasteiger partial charge in [-0.1, -0.05) is 24.9 Å². The van der Waals surface area contributed by atoms with E-state index in [1.165, 1.54) is 0 Å². The van der Waals surface area contributed by atoms with Gasteiger partial charge in [0.05, 0.1) is 17.2 Å². The molecular formula is C13H19ClN4O4. The zero-order valence-corrected chi connectivity index (χ0v) is 13.5. The van der Waals surface area contributed by atoms with Gasteiger partial charge in [0.2, 0.25) is 5.82 Å². The lowest BCUT2D eigenvalue weighted by atomic mass is 10.2. The first kappa shape index (κ1) is 18.1. The average molecular weight is 331 g/mol. The molecule has 0 aliphatic heterocycles. The summed E-state index contributed by atoms with van der Waals surface area (Å²) in [5.41, 5.74) is 5.21. The van der Waals surface area contributed by atoms with E-state index in [2.05, 4.69) is 15.8 Å². The van der Waals surface area contributed by atoms with E-state index in [1.54, 1.807) is 13.8 Å². The third kappa shape index (κ3) is 4.28. The number of carbonyl (C=O) groups excluding carboxylic acids is 1. The molecule has 8 nitrogen and oxygen atoms in total. The van der Waals surface area contributed by atoms with Gasteiger partial charge in [-0.05, 0) is 20.3 Å². The molecule has 0 fully saturated rings. The maximum atomic E-state index is 11.9. The number of nitrogens with zero attached hydrogens (tertiary/aromatic N) is 2. The lowest BCUT2D eigenvalue weighted by Crippen LogP contribution is -2.25. The number of nitro groups is 1. The summed E-state index contributed by atoms with van der Waals surface area (Å²) in [7, 11) is 0. The molecule has 0 unspecified atom stereocenters. The van der Waals surface area contributed by atoms with Crippen LogP contribution in [0.3, 0.4) is 0 Å². The molecule has 0 aliphatic rings. The van der Waals surface area contributed by atoms with Gasteiger partial charge in [0.1, 0.15) is 10.6 Å². The highest BCUT2D eigenvalue weighted by atomic mass is 35.5. The normalized spacial score (nSPS) is 10.4. The van der Waals surface area contributed by atoms with Crippen LogP contribution < -0.4 is 10.9 Å². The van der Waals surface area contributed by atoms with Gasteiger partial charge in [0, 0.05) is 6.54 Å². The Hall–Kier alpha value is -1.93. The molecule has 0 radical (unpaired) electrons. The summed E-state index contributed by atoms with van der Waals surface area (Å²) in [5.74, 6) is -0.761. The fourth-order valence-corrected chi connectivity index (χ4v) is 2.14. The van der Waals surface area contributed by atoms with E-state index >= 15 is 0 Å². The molecule has 1 heterocycles. The molecule has 22 heavy (non-hydrogen) atoms. The molecule has 122 valence electrons. The Morgan fingerprint density at radius 1 is 1.45 bits per heavy atom. The van der Waals surface area contributed by atoms with Crippen LogP contribution in [0, 0.1) is 17.0 Å². The van der Waals surface area contributed by atoms with Crippen LogP contribution in [0.15, 0.2) is 0 Å². The van der Waals surface area contributed by atoms with Crippen LogP contribution in [0.1, 0.15) is 42.7 Å². The van der Waals surface area contributed by atoms with Crippen molar-refractivity contribution in [3.63, 3.8) is 0 Å². The topological polar surface area (TPSA) is 106 Å². The monoisotopic (exact) mass is 330 g/mol. The Balaban J connectivity index is 3.19. The number of hydrazine groups is 1. The second kappa shape index (κ2) is 8.50. The number of anilines is 1. The fourth-order valence-electron chi connectivity index (χ4n) is 1.76. The maximum absolute atomic E-state index is 11.9. The third-order valence-electron chi connectivity index (χ3n) is 2.82. The van der Waals surface area contributed by atoms with Gasteiger partial charge < -0.3 is 4.74 Å². The summed E-state index contributed by atoms with van der Waals surface area (Å²) >= 11 is 6.03. The second-order valence-corrected chi connectivity index (χ2v) is 4.84. The van der Waals surface area contributed by atoms with Crippen molar-refractivity contribution in [1.29, 1.82) is 0 Å². The van der Waals surface area contributed by atoms with Crippen molar-refractivity contribution in [3.8, 4) is 0 Å². The summed E-state index contributed by atoms with van der Waals surface area (Å²) in [6, 6.07) is 0. The number of aryl methyl sites for hydroxylation is 1. The van der Waals surface area contributed by atoms with Crippen LogP contribution in [-0.4, -0.2) is 29.0 Å². The number of pyridine rings is 1. The van der Waals surface area contributed by atoms with Crippen LogP contribution in [0.2, 0.25) is 5.02 Å². The average Bonchev–Trinajstić information content (AvgIpc) is 2.43. The minimum atomic E-state index is -0.730. The molecule has 0 aromatic carbocycles. The lowest BCUT2D eigenvalue weighted by molar-refractivity contribution is -0.384. The highest BCUT2D eigenvalue weighted by Gasteiger charge is 2.29. The fraction of sp³-hybridized carbons (Fsp3) is 0.538. The first-order valence-electron chi connectivity index (χ1n) is 6.94. The molecule has 0 amide bonds. The number of hydrogen-bond donors (Lipinski definition) is 2. The highest BCUT2D eigenvalue weighted by Crippen LogP contribution is 2.35. The number of rotatable bonds is 8. The van der Waals surface area contributed by atoms with E-state index in [0.29, 0.717) is 6.54 Å². The summed E-state index contributed by atoms with van der Waals surface area (Å²) in [6.45, 7) is 5.96. The quantitative estimate of drug-likeness (QED) is 0.326. The zero-order valence-electron chi connectivity index (χ0n) is 12.7. The molecule has 0 saturated carbocycles. The van der Waals surface area contributed by atoms with Gasteiger partial charge in [-0.2, -0.15) is 0 Å². The largest absolute Gasteiger partial charge is 0.462 e. The van der Waals surface area contributed by atoms with Crippen molar-refractivity contribution in [1.82, 2.24) is 10.4 Å². The van der Waals surface area contributed by atoms with Gasteiger partial charge in [-0.25, -0.2) is 15.2 Å². The molecule has 0 spiro atoms. The molecule has 2 N–H and O–H groups in total. The van der Waals surface area contributed by atoms with Crippen molar-refractivity contribution in [2.75, 3.05) is 18.6 Å². The van der Waals surface area contributed by atoms with E-state index < -0.39 is 16.6 Å². The summed E-state index contributed by atoms with van der Waals surface area (Å²) in [6.07, 6.45) is 1.88. The van der Waals surface area contributed by atoms with Crippen LogP contribution in [-0.2, 0) is 4.74 Å². The van der Waals surface area contributed by atoms with Crippen LogP contribution >= 0.6 is 11.6 Å². The Kier molecular flexibility index (Phi) is 7.00. The summed E-state index contributed by atoms with van der Waals surface area (Å²) < 4.78 is 4.86. The Bertz CT molecular complexity index is 565. The standard InChI is InChI=1S/C13H19ClN4O4/c1-4-6-7-15-17-12-11(18(20)21)10(14)9(8(3)16-12)13(19)22-5-2/h15H,4-7H2,1-3H3,(H,16,17). The molecule has 1 rings (SSSR count). The Morgan fingerprint density at radius 3 is 2.68 bits per heavy atom. The highest BCUT2D eigenvalue weighted by molar-refractivity contribution is 6.36. The van der Waals surface area contributed by atoms with Gasteiger partial charge in [-0.3, -0.25) is 15.5 Å². The number of aromatic nitrogens is 1.